The smallest absolute Gasteiger partial charge is 0.127 e. The van der Waals surface area contributed by atoms with Gasteiger partial charge in [0.15, 0.2) is 0 Å². The van der Waals surface area contributed by atoms with E-state index < -0.39 is 0 Å². The van der Waals surface area contributed by atoms with Gasteiger partial charge in [-0.15, -0.1) is 0 Å². The van der Waals surface area contributed by atoms with Crippen molar-refractivity contribution < 1.29 is 4.74 Å². The molecule has 3 unspecified atom stereocenters. The number of benzene rings is 2. The lowest BCUT2D eigenvalue weighted by atomic mass is 9.85. The average Bonchev–Trinajstić information content (AvgIpc) is 2.43. The molecule has 1 fully saturated rings. The molecule has 3 atom stereocenters. The quantitative estimate of drug-likeness (QED) is 0.887. The van der Waals surface area contributed by atoms with E-state index in [1.807, 2.05) is 6.07 Å². The molecule has 2 aromatic carbocycles. The topological polar surface area (TPSA) is 35.2 Å². The molecule has 2 N–H and O–H groups in total. The number of fused-ring (bicyclic) bond motifs is 1. The summed E-state index contributed by atoms with van der Waals surface area (Å²) < 4.78 is 6.23. The van der Waals surface area contributed by atoms with E-state index in [0.717, 1.165) is 18.6 Å². The van der Waals surface area contributed by atoms with Gasteiger partial charge in [0.2, 0.25) is 0 Å². The summed E-state index contributed by atoms with van der Waals surface area (Å²) in [5, 5.41) is 2.40. The van der Waals surface area contributed by atoms with Crippen LogP contribution >= 0.6 is 0 Å². The van der Waals surface area contributed by atoms with Crippen molar-refractivity contribution in [1.82, 2.24) is 0 Å². The van der Waals surface area contributed by atoms with Crippen LogP contribution in [0.5, 0.6) is 5.75 Å². The Morgan fingerprint density at radius 1 is 1.05 bits per heavy atom. The second kappa shape index (κ2) is 5.22. The Morgan fingerprint density at radius 3 is 2.74 bits per heavy atom. The van der Waals surface area contributed by atoms with E-state index in [9.17, 15) is 0 Å². The first-order valence-electron chi connectivity index (χ1n) is 7.14. The highest BCUT2D eigenvalue weighted by Gasteiger charge is 2.27. The van der Waals surface area contributed by atoms with Crippen molar-refractivity contribution in [3.8, 4) is 5.75 Å². The molecule has 0 aliphatic heterocycles. The Balaban J connectivity index is 1.88. The molecule has 3 rings (SSSR count). The summed E-state index contributed by atoms with van der Waals surface area (Å²) in [6, 6.07) is 14.7. The lowest BCUT2D eigenvalue weighted by Gasteiger charge is -2.33. The summed E-state index contributed by atoms with van der Waals surface area (Å²) >= 11 is 0. The molecule has 0 aromatic heterocycles. The van der Waals surface area contributed by atoms with Gasteiger partial charge < -0.3 is 10.5 Å². The summed E-state index contributed by atoms with van der Waals surface area (Å²) in [7, 11) is 0. The van der Waals surface area contributed by atoms with E-state index in [1.54, 1.807) is 0 Å². The third-order valence-corrected chi connectivity index (χ3v) is 4.13. The standard InChI is InChI=1S/C17H21NO/c1-12-9-10-15(18)17(11-12)19-16-8-4-6-13-5-2-3-7-14(13)16/h2-8,12,15,17H,9-11,18H2,1H3. The SMILES string of the molecule is CC1CCC(N)C(Oc2cccc3ccccc23)C1. The first kappa shape index (κ1) is 12.5. The Labute approximate surface area is 114 Å². The number of nitrogens with two attached hydrogens (primary N) is 1. The maximum absolute atomic E-state index is 6.23. The van der Waals surface area contributed by atoms with Gasteiger partial charge in [-0.05, 0) is 36.6 Å². The molecule has 0 saturated heterocycles. The van der Waals surface area contributed by atoms with Crippen LogP contribution < -0.4 is 10.5 Å². The zero-order valence-electron chi connectivity index (χ0n) is 11.4. The minimum atomic E-state index is 0.148. The molecule has 0 radical (unpaired) electrons. The molecule has 2 nitrogen and oxygen atoms in total. The molecule has 2 aromatic rings. The first-order valence-corrected chi connectivity index (χ1v) is 7.14. The van der Waals surface area contributed by atoms with Crippen LogP contribution in [0.3, 0.4) is 0 Å². The van der Waals surface area contributed by atoms with Crippen LogP contribution in [-0.2, 0) is 0 Å². The van der Waals surface area contributed by atoms with E-state index in [1.165, 1.54) is 17.2 Å². The zero-order chi connectivity index (χ0) is 13.2. The molecule has 1 aliphatic carbocycles. The van der Waals surface area contributed by atoms with Crippen LogP contribution in [0.4, 0.5) is 0 Å². The van der Waals surface area contributed by atoms with Gasteiger partial charge in [0, 0.05) is 11.4 Å². The molecule has 0 bridgehead atoms. The summed E-state index contributed by atoms with van der Waals surface area (Å²) in [5.41, 5.74) is 6.21. The highest BCUT2D eigenvalue weighted by atomic mass is 16.5. The zero-order valence-corrected chi connectivity index (χ0v) is 11.4. The third-order valence-electron chi connectivity index (χ3n) is 4.13. The maximum Gasteiger partial charge on any atom is 0.127 e. The minimum absolute atomic E-state index is 0.148. The summed E-state index contributed by atoms with van der Waals surface area (Å²) in [6.07, 6.45) is 3.49. The molecule has 0 heterocycles. The van der Waals surface area contributed by atoms with E-state index in [0.29, 0.717) is 5.92 Å². The van der Waals surface area contributed by atoms with E-state index in [2.05, 4.69) is 43.3 Å². The van der Waals surface area contributed by atoms with E-state index in [4.69, 9.17) is 10.5 Å². The fraction of sp³-hybridized carbons (Fsp3) is 0.412. The Kier molecular flexibility index (Phi) is 3.43. The van der Waals surface area contributed by atoms with Crippen molar-refractivity contribution in [2.45, 2.75) is 38.3 Å². The van der Waals surface area contributed by atoms with Gasteiger partial charge in [-0.1, -0.05) is 43.3 Å². The van der Waals surface area contributed by atoms with Crippen molar-refractivity contribution in [2.75, 3.05) is 0 Å². The molecule has 1 aliphatic rings. The lowest BCUT2D eigenvalue weighted by molar-refractivity contribution is 0.109. The fourth-order valence-corrected chi connectivity index (χ4v) is 2.95. The predicted molar refractivity (Wildman–Crippen MR) is 79.4 cm³/mol. The van der Waals surface area contributed by atoms with Gasteiger partial charge in [0.05, 0.1) is 0 Å². The second-order valence-electron chi connectivity index (χ2n) is 5.72. The van der Waals surface area contributed by atoms with Gasteiger partial charge in [-0.3, -0.25) is 0 Å². The molecule has 100 valence electrons. The number of ether oxygens (including phenoxy) is 1. The third kappa shape index (κ3) is 2.59. The number of rotatable bonds is 2. The van der Waals surface area contributed by atoms with Crippen LogP contribution in [0.2, 0.25) is 0 Å². The molecule has 0 amide bonds. The van der Waals surface area contributed by atoms with Gasteiger partial charge in [0.1, 0.15) is 11.9 Å². The molecule has 1 saturated carbocycles. The predicted octanol–water partition coefficient (Wildman–Crippen LogP) is 3.73. The van der Waals surface area contributed by atoms with Crippen molar-refractivity contribution >= 4 is 10.8 Å². The van der Waals surface area contributed by atoms with Gasteiger partial charge in [-0.25, -0.2) is 0 Å². The fourth-order valence-electron chi connectivity index (χ4n) is 2.95. The van der Waals surface area contributed by atoms with Crippen molar-refractivity contribution in [3.63, 3.8) is 0 Å². The number of hydrogen-bond acceptors (Lipinski definition) is 2. The van der Waals surface area contributed by atoms with Crippen LogP contribution in [0.1, 0.15) is 26.2 Å². The van der Waals surface area contributed by atoms with Crippen LogP contribution in [0.15, 0.2) is 42.5 Å². The van der Waals surface area contributed by atoms with Gasteiger partial charge in [-0.2, -0.15) is 0 Å². The maximum atomic E-state index is 6.23. The van der Waals surface area contributed by atoms with Gasteiger partial charge in [0.25, 0.3) is 0 Å². The average molecular weight is 255 g/mol. The Bertz CT molecular complexity index is 561. The molecule has 2 heteroatoms. The van der Waals surface area contributed by atoms with Crippen LogP contribution in [0.25, 0.3) is 10.8 Å². The highest BCUT2D eigenvalue weighted by molar-refractivity contribution is 5.88. The monoisotopic (exact) mass is 255 g/mol. The molecule has 19 heavy (non-hydrogen) atoms. The highest BCUT2D eigenvalue weighted by Crippen LogP contribution is 2.31. The van der Waals surface area contributed by atoms with E-state index >= 15 is 0 Å². The van der Waals surface area contributed by atoms with Gasteiger partial charge >= 0.3 is 0 Å². The van der Waals surface area contributed by atoms with Crippen molar-refractivity contribution in [2.24, 2.45) is 11.7 Å². The first-order chi connectivity index (χ1) is 9.24. The summed E-state index contributed by atoms with van der Waals surface area (Å²) in [5.74, 6) is 1.67. The summed E-state index contributed by atoms with van der Waals surface area (Å²) in [4.78, 5) is 0. The largest absolute Gasteiger partial charge is 0.488 e. The number of hydrogen-bond donors (Lipinski definition) is 1. The van der Waals surface area contributed by atoms with E-state index in [-0.39, 0.29) is 12.1 Å². The Morgan fingerprint density at radius 2 is 1.84 bits per heavy atom. The Hall–Kier alpha value is -1.54. The lowest BCUT2D eigenvalue weighted by Crippen LogP contribution is -2.43. The van der Waals surface area contributed by atoms with Crippen molar-refractivity contribution in [1.29, 1.82) is 0 Å². The van der Waals surface area contributed by atoms with Crippen molar-refractivity contribution in [3.05, 3.63) is 42.5 Å². The molecular weight excluding hydrogens is 234 g/mol. The van der Waals surface area contributed by atoms with Crippen LogP contribution in [-0.4, -0.2) is 12.1 Å². The second-order valence-corrected chi connectivity index (χ2v) is 5.72. The molecular formula is C17H21NO. The molecule has 0 spiro atoms. The normalized spacial score (nSPS) is 27.4. The van der Waals surface area contributed by atoms with Crippen LogP contribution in [0, 0.1) is 5.92 Å². The minimum Gasteiger partial charge on any atom is -0.488 e. The summed E-state index contributed by atoms with van der Waals surface area (Å²) in [6.45, 7) is 2.28.